The number of anilines is 2. The molecule has 3 rings (SSSR count). The zero-order chi connectivity index (χ0) is 15.6. The second-order valence-electron chi connectivity index (χ2n) is 5.36. The lowest BCUT2D eigenvalue weighted by Crippen LogP contribution is -2.17. The van der Waals surface area contributed by atoms with Crippen molar-refractivity contribution >= 4 is 17.8 Å². The minimum absolute atomic E-state index is 0.00608. The van der Waals surface area contributed by atoms with Gasteiger partial charge in [-0.15, -0.1) is 0 Å². The first-order valence-electron chi connectivity index (χ1n) is 6.85. The molecule has 0 saturated heterocycles. The first kappa shape index (κ1) is 14.2. The fourth-order valence-corrected chi connectivity index (χ4v) is 1.96. The van der Waals surface area contributed by atoms with E-state index >= 15 is 0 Å². The smallest absolute Gasteiger partial charge is 0.224 e. The highest BCUT2D eigenvalue weighted by Gasteiger charge is 2.42. The summed E-state index contributed by atoms with van der Waals surface area (Å²) >= 11 is 0. The van der Waals surface area contributed by atoms with E-state index in [4.69, 9.17) is 10.5 Å². The summed E-state index contributed by atoms with van der Waals surface area (Å²) in [5, 5.41) is 3.10. The highest BCUT2D eigenvalue weighted by molar-refractivity contribution is 5.64. The van der Waals surface area contributed by atoms with Crippen molar-refractivity contribution in [2.75, 3.05) is 17.6 Å². The Morgan fingerprint density at radius 2 is 2.18 bits per heavy atom. The lowest BCUT2D eigenvalue weighted by molar-refractivity contribution is -0.111. The zero-order valence-electron chi connectivity index (χ0n) is 11.8. The predicted molar refractivity (Wildman–Crippen MR) is 79.1 cm³/mol. The Balaban J connectivity index is 1.68. The Hall–Kier alpha value is -2.70. The van der Waals surface area contributed by atoms with Crippen molar-refractivity contribution in [2.24, 2.45) is 5.41 Å². The van der Waals surface area contributed by atoms with Crippen molar-refractivity contribution in [1.29, 1.82) is 0 Å². The number of halogens is 1. The summed E-state index contributed by atoms with van der Waals surface area (Å²) in [6.07, 6.45) is 4.13. The van der Waals surface area contributed by atoms with E-state index in [-0.39, 0.29) is 11.1 Å². The Bertz CT molecular complexity index is 704. The molecule has 1 aromatic heterocycles. The van der Waals surface area contributed by atoms with Gasteiger partial charge >= 0.3 is 0 Å². The quantitative estimate of drug-likeness (QED) is 0.629. The van der Waals surface area contributed by atoms with Crippen molar-refractivity contribution in [3.63, 3.8) is 0 Å². The molecule has 3 N–H and O–H groups in total. The number of hydrogen-bond donors (Lipinski definition) is 2. The molecule has 22 heavy (non-hydrogen) atoms. The summed E-state index contributed by atoms with van der Waals surface area (Å²) in [5.41, 5.74) is 5.24. The van der Waals surface area contributed by atoms with Gasteiger partial charge in [-0.3, -0.25) is 0 Å². The molecule has 0 amide bonds. The minimum atomic E-state index is -0.499. The lowest BCUT2D eigenvalue weighted by Gasteiger charge is -2.11. The molecular formula is C15H15FN4O2. The Labute approximate surface area is 126 Å². The number of nitrogen functional groups attached to an aromatic ring is 1. The third kappa shape index (κ3) is 3.13. The van der Waals surface area contributed by atoms with E-state index in [2.05, 4.69) is 15.3 Å². The number of nitrogens with zero attached hydrogens (tertiary/aromatic N) is 2. The van der Waals surface area contributed by atoms with Crippen LogP contribution < -0.4 is 15.8 Å². The number of rotatable bonds is 6. The van der Waals surface area contributed by atoms with Gasteiger partial charge in [0.2, 0.25) is 5.88 Å². The maximum Gasteiger partial charge on any atom is 0.224 e. The number of nitrogens with one attached hydrogen (secondary N) is 1. The first-order valence-corrected chi connectivity index (χ1v) is 6.85. The minimum Gasteiger partial charge on any atom is -0.439 e. The van der Waals surface area contributed by atoms with Crippen LogP contribution in [0.4, 0.5) is 15.9 Å². The molecule has 2 aromatic rings. The molecule has 0 aliphatic heterocycles. The van der Waals surface area contributed by atoms with Crippen LogP contribution in [0.25, 0.3) is 0 Å². The normalized spacial score (nSPS) is 15.1. The highest BCUT2D eigenvalue weighted by atomic mass is 19.1. The van der Waals surface area contributed by atoms with Crippen LogP contribution in [0.3, 0.4) is 0 Å². The van der Waals surface area contributed by atoms with Gasteiger partial charge in [0.05, 0.1) is 5.69 Å². The first-order chi connectivity index (χ1) is 10.6. The van der Waals surface area contributed by atoms with Gasteiger partial charge in [-0.25, -0.2) is 14.4 Å². The van der Waals surface area contributed by atoms with Gasteiger partial charge in [0.15, 0.2) is 0 Å². The van der Waals surface area contributed by atoms with Crippen LogP contribution in [0.2, 0.25) is 0 Å². The van der Waals surface area contributed by atoms with E-state index in [0.717, 1.165) is 19.1 Å². The van der Waals surface area contributed by atoms with Crippen LogP contribution in [0.1, 0.15) is 12.8 Å². The molecule has 1 fully saturated rings. The molecule has 7 heteroatoms. The number of carbonyl (C=O) groups is 1. The van der Waals surface area contributed by atoms with Gasteiger partial charge in [0.25, 0.3) is 0 Å². The number of carbonyl (C=O) groups excluding carboxylic acids is 1. The fraction of sp³-hybridized carbons (Fsp3) is 0.267. The molecule has 0 unspecified atom stereocenters. The maximum atomic E-state index is 13.1. The molecule has 0 spiro atoms. The third-order valence-corrected chi connectivity index (χ3v) is 3.60. The van der Waals surface area contributed by atoms with Crippen molar-refractivity contribution in [1.82, 2.24) is 9.97 Å². The number of nitrogens with two attached hydrogens (primary N) is 1. The summed E-state index contributed by atoms with van der Waals surface area (Å²) in [6.45, 7) is 0.538. The summed E-state index contributed by atoms with van der Waals surface area (Å²) < 4.78 is 18.6. The van der Waals surface area contributed by atoms with Gasteiger partial charge in [-0.05, 0) is 25.0 Å². The fourth-order valence-electron chi connectivity index (χ4n) is 1.96. The van der Waals surface area contributed by atoms with Gasteiger partial charge in [-0.1, -0.05) is 0 Å². The summed E-state index contributed by atoms with van der Waals surface area (Å²) in [7, 11) is 0. The molecule has 114 valence electrons. The molecule has 6 nitrogen and oxygen atoms in total. The third-order valence-electron chi connectivity index (χ3n) is 3.60. The molecule has 1 aliphatic rings. The standard InChI is InChI=1S/C15H15FN4O2/c16-11-2-1-10(5-12(11)17)22-14-6-13(19-9-20-14)18-7-15(8-21)3-4-15/h1-2,5-6,8-9H,3-4,7,17H2,(H,18,19,20). The van der Waals surface area contributed by atoms with Crippen LogP contribution in [-0.2, 0) is 4.79 Å². The maximum absolute atomic E-state index is 13.1. The van der Waals surface area contributed by atoms with E-state index in [1.165, 1.54) is 24.5 Å². The number of benzene rings is 1. The lowest BCUT2D eigenvalue weighted by atomic mass is 10.1. The summed E-state index contributed by atoms with van der Waals surface area (Å²) in [5.74, 6) is 0.753. The average molecular weight is 302 g/mol. The Kier molecular flexibility index (Phi) is 3.62. The second-order valence-corrected chi connectivity index (χ2v) is 5.36. The molecule has 1 heterocycles. The van der Waals surface area contributed by atoms with E-state index < -0.39 is 5.82 Å². The summed E-state index contributed by atoms with van der Waals surface area (Å²) in [4.78, 5) is 19.0. The van der Waals surface area contributed by atoms with Crippen molar-refractivity contribution in [2.45, 2.75) is 12.8 Å². The van der Waals surface area contributed by atoms with Crippen LogP contribution >= 0.6 is 0 Å². The average Bonchev–Trinajstić information content (AvgIpc) is 3.30. The van der Waals surface area contributed by atoms with E-state index in [1.54, 1.807) is 6.07 Å². The van der Waals surface area contributed by atoms with E-state index in [1.807, 2.05) is 0 Å². The van der Waals surface area contributed by atoms with Gasteiger partial charge in [0, 0.05) is 24.1 Å². The number of aldehydes is 1. The van der Waals surface area contributed by atoms with Gasteiger partial charge in [-0.2, -0.15) is 0 Å². The van der Waals surface area contributed by atoms with Crippen LogP contribution in [0, 0.1) is 11.2 Å². The number of hydrogen-bond acceptors (Lipinski definition) is 6. The van der Waals surface area contributed by atoms with Crippen molar-refractivity contribution in [3.8, 4) is 11.6 Å². The van der Waals surface area contributed by atoms with Crippen molar-refractivity contribution < 1.29 is 13.9 Å². The zero-order valence-corrected chi connectivity index (χ0v) is 11.8. The molecule has 1 saturated carbocycles. The monoisotopic (exact) mass is 302 g/mol. The topological polar surface area (TPSA) is 90.1 Å². The van der Waals surface area contributed by atoms with Gasteiger partial charge < -0.3 is 20.6 Å². The molecule has 0 bridgehead atoms. The molecule has 1 aromatic carbocycles. The Morgan fingerprint density at radius 3 is 2.86 bits per heavy atom. The van der Waals surface area contributed by atoms with Crippen molar-refractivity contribution in [3.05, 3.63) is 36.4 Å². The van der Waals surface area contributed by atoms with Gasteiger partial charge in [0.1, 0.15) is 30.0 Å². The van der Waals surface area contributed by atoms with Crippen LogP contribution in [0.5, 0.6) is 11.6 Å². The second kappa shape index (κ2) is 5.59. The molecule has 1 aliphatic carbocycles. The predicted octanol–water partition coefficient (Wildman–Crippen LogP) is 2.38. The van der Waals surface area contributed by atoms with E-state index in [0.29, 0.717) is 24.0 Å². The van der Waals surface area contributed by atoms with Crippen LogP contribution in [0.15, 0.2) is 30.6 Å². The largest absolute Gasteiger partial charge is 0.439 e. The van der Waals surface area contributed by atoms with Crippen LogP contribution in [-0.4, -0.2) is 22.8 Å². The number of aromatic nitrogens is 2. The Morgan fingerprint density at radius 1 is 1.36 bits per heavy atom. The van der Waals surface area contributed by atoms with E-state index in [9.17, 15) is 9.18 Å². The highest BCUT2D eigenvalue weighted by Crippen LogP contribution is 2.43. The molecule has 0 radical (unpaired) electrons. The summed E-state index contributed by atoms with van der Waals surface area (Å²) in [6, 6.07) is 5.69. The SMILES string of the molecule is Nc1cc(Oc2cc(NCC3(C=O)CC3)ncn2)ccc1F. The molecular weight excluding hydrogens is 287 g/mol. The number of ether oxygens (including phenoxy) is 1. The molecule has 0 atom stereocenters.